The standard InChI is InChI=1S/C20H28N4O.HI/c1-5-16(3)25-19-12-15(2)9-10-17(19)13-23-20(21-4)24-14-18-8-6-7-11-22-18;/h6-12,16H,5,13-14H2,1-4H3,(H2,21,23,24);1H. The smallest absolute Gasteiger partial charge is 0.191 e. The Labute approximate surface area is 173 Å². The minimum absolute atomic E-state index is 0. The largest absolute Gasteiger partial charge is 0.490 e. The third kappa shape index (κ3) is 7.19. The van der Waals surface area contributed by atoms with E-state index in [0.717, 1.165) is 29.4 Å². The van der Waals surface area contributed by atoms with Crippen molar-refractivity contribution >= 4 is 29.9 Å². The summed E-state index contributed by atoms with van der Waals surface area (Å²) in [6, 6.07) is 12.2. The number of hydrogen-bond acceptors (Lipinski definition) is 3. The number of benzene rings is 1. The van der Waals surface area contributed by atoms with Gasteiger partial charge in [0.1, 0.15) is 5.75 Å². The molecule has 2 aromatic rings. The van der Waals surface area contributed by atoms with Crippen molar-refractivity contribution < 1.29 is 4.74 Å². The van der Waals surface area contributed by atoms with Crippen LogP contribution in [0.15, 0.2) is 47.6 Å². The van der Waals surface area contributed by atoms with Gasteiger partial charge in [-0.15, -0.1) is 24.0 Å². The molecule has 1 aromatic carbocycles. The Morgan fingerprint density at radius 3 is 2.62 bits per heavy atom. The molecule has 0 spiro atoms. The molecule has 1 unspecified atom stereocenters. The predicted octanol–water partition coefficient (Wildman–Crippen LogP) is 4.05. The van der Waals surface area contributed by atoms with Gasteiger partial charge < -0.3 is 15.4 Å². The van der Waals surface area contributed by atoms with Crippen molar-refractivity contribution in [3.63, 3.8) is 0 Å². The molecule has 1 atom stereocenters. The second-order valence-electron chi connectivity index (χ2n) is 6.05. The van der Waals surface area contributed by atoms with Crippen LogP contribution in [0.5, 0.6) is 5.75 Å². The summed E-state index contributed by atoms with van der Waals surface area (Å²) in [7, 11) is 1.76. The highest BCUT2D eigenvalue weighted by atomic mass is 127. The van der Waals surface area contributed by atoms with E-state index in [0.29, 0.717) is 13.1 Å². The molecule has 0 fully saturated rings. The molecule has 0 bridgehead atoms. The first-order chi connectivity index (χ1) is 12.1. The summed E-state index contributed by atoms with van der Waals surface area (Å²) in [5.74, 6) is 1.67. The van der Waals surface area contributed by atoms with Crippen molar-refractivity contribution in [1.82, 2.24) is 15.6 Å². The van der Waals surface area contributed by atoms with Crippen LogP contribution in [0.4, 0.5) is 0 Å². The van der Waals surface area contributed by atoms with Gasteiger partial charge in [0, 0.05) is 25.4 Å². The maximum Gasteiger partial charge on any atom is 0.191 e. The van der Waals surface area contributed by atoms with Gasteiger partial charge in [-0.1, -0.05) is 25.1 Å². The molecule has 0 aliphatic carbocycles. The number of pyridine rings is 1. The first-order valence-corrected chi connectivity index (χ1v) is 8.73. The maximum atomic E-state index is 6.06. The zero-order valence-corrected chi connectivity index (χ0v) is 18.3. The normalized spacial score (nSPS) is 12.1. The van der Waals surface area contributed by atoms with E-state index in [1.54, 1.807) is 13.2 Å². The quantitative estimate of drug-likeness (QED) is 0.366. The molecule has 0 radical (unpaired) electrons. The zero-order valence-electron chi connectivity index (χ0n) is 16.0. The van der Waals surface area contributed by atoms with Crippen LogP contribution < -0.4 is 15.4 Å². The summed E-state index contributed by atoms with van der Waals surface area (Å²) in [4.78, 5) is 8.57. The van der Waals surface area contributed by atoms with E-state index in [2.05, 4.69) is 59.6 Å². The van der Waals surface area contributed by atoms with E-state index in [1.807, 2.05) is 18.2 Å². The monoisotopic (exact) mass is 468 g/mol. The molecule has 5 nitrogen and oxygen atoms in total. The minimum atomic E-state index is 0. The molecule has 26 heavy (non-hydrogen) atoms. The number of hydrogen-bond donors (Lipinski definition) is 2. The Bertz CT molecular complexity index is 691. The lowest BCUT2D eigenvalue weighted by Crippen LogP contribution is -2.36. The average Bonchev–Trinajstić information content (AvgIpc) is 2.64. The van der Waals surface area contributed by atoms with E-state index in [4.69, 9.17) is 4.74 Å². The molecule has 0 amide bonds. The molecule has 2 N–H and O–H groups in total. The number of nitrogens with one attached hydrogen (secondary N) is 2. The van der Waals surface area contributed by atoms with Crippen molar-refractivity contribution in [3.05, 3.63) is 59.4 Å². The number of rotatable bonds is 7. The first-order valence-electron chi connectivity index (χ1n) is 8.73. The molecule has 142 valence electrons. The number of ether oxygens (including phenoxy) is 1. The fourth-order valence-electron chi connectivity index (χ4n) is 2.29. The van der Waals surface area contributed by atoms with Gasteiger partial charge in [0.2, 0.25) is 0 Å². The van der Waals surface area contributed by atoms with Crippen LogP contribution in [-0.4, -0.2) is 24.1 Å². The number of guanidine groups is 1. The van der Waals surface area contributed by atoms with Crippen molar-refractivity contribution in [3.8, 4) is 5.75 Å². The van der Waals surface area contributed by atoms with Crippen molar-refractivity contribution in [2.24, 2.45) is 4.99 Å². The van der Waals surface area contributed by atoms with Crippen LogP contribution in [0.1, 0.15) is 37.1 Å². The summed E-state index contributed by atoms with van der Waals surface area (Å²) in [6.45, 7) is 7.57. The second kappa shape index (κ2) is 11.7. The summed E-state index contributed by atoms with van der Waals surface area (Å²) >= 11 is 0. The number of halogens is 1. The summed E-state index contributed by atoms with van der Waals surface area (Å²) in [5.41, 5.74) is 3.29. The number of aliphatic imine (C=N–C) groups is 1. The van der Waals surface area contributed by atoms with E-state index in [9.17, 15) is 0 Å². The Morgan fingerprint density at radius 2 is 1.96 bits per heavy atom. The molecule has 1 aromatic heterocycles. The summed E-state index contributed by atoms with van der Waals surface area (Å²) < 4.78 is 6.06. The molecule has 6 heteroatoms. The molecule has 0 aliphatic rings. The first kappa shape index (κ1) is 22.2. The number of nitrogens with zero attached hydrogens (tertiary/aromatic N) is 2. The topological polar surface area (TPSA) is 58.5 Å². The SMILES string of the molecule is CCC(C)Oc1cc(C)ccc1CNC(=NC)NCc1ccccn1.I. The predicted molar refractivity (Wildman–Crippen MR) is 118 cm³/mol. The van der Waals surface area contributed by atoms with E-state index in [-0.39, 0.29) is 30.1 Å². The fraction of sp³-hybridized carbons (Fsp3) is 0.400. The van der Waals surface area contributed by atoms with Crippen LogP contribution >= 0.6 is 24.0 Å². The highest BCUT2D eigenvalue weighted by molar-refractivity contribution is 14.0. The zero-order chi connectivity index (χ0) is 18.1. The summed E-state index contributed by atoms with van der Waals surface area (Å²) in [6.07, 6.45) is 2.97. The Hall–Kier alpha value is -1.83. The molecule has 1 heterocycles. The molecule has 2 rings (SSSR count). The highest BCUT2D eigenvalue weighted by Crippen LogP contribution is 2.22. The van der Waals surface area contributed by atoms with Crippen molar-refractivity contribution in [1.29, 1.82) is 0 Å². The van der Waals surface area contributed by atoms with Crippen LogP contribution in [0, 0.1) is 6.92 Å². The molecular formula is C20H29IN4O. The van der Waals surface area contributed by atoms with Crippen molar-refractivity contribution in [2.75, 3.05) is 7.05 Å². The van der Waals surface area contributed by atoms with Gasteiger partial charge >= 0.3 is 0 Å². The van der Waals surface area contributed by atoms with Crippen LogP contribution in [0.3, 0.4) is 0 Å². The Balaban J connectivity index is 0.00000338. The van der Waals surface area contributed by atoms with Crippen LogP contribution in [0.2, 0.25) is 0 Å². The second-order valence-corrected chi connectivity index (χ2v) is 6.05. The molecule has 0 aliphatic heterocycles. The minimum Gasteiger partial charge on any atom is -0.490 e. The van der Waals surface area contributed by atoms with Crippen molar-refractivity contribution in [2.45, 2.75) is 46.4 Å². The van der Waals surface area contributed by atoms with E-state index >= 15 is 0 Å². The number of aryl methyl sites for hydroxylation is 1. The van der Waals surface area contributed by atoms with Crippen LogP contribution in [0.25, 0.3) is 0 Å². The molecular weight excluding hydrogens is 439 g/mol. The molecule has 0 saturated carbocycles. The van der Waals surface area contributed by atoms with Crippen LogP contribution in [-0.2, 0) is 13.1 Å². The maximum absolute atomic E-state index is 6.06. The van der Waals surface area contributed by atoms with Gasteiger partial charge in [0.25, 0.3) is 0 Å². The fourth-order valence-corrected chi connectivity index (χ4v) is 2.29. The number of aromatic nitrogens is 1. The lowest BCUT2D eigenvalue weighted by molar-refractivity contribution is 0.215. The third-order valence-electron chi connectivity index (χ3n) is 3.96. The summed E-state index contributed by atoms with van der Waals surface area (Å²) in [5, 5.41) is 6.61. The Morgan fingerprint density at radius 1 is 1.19 bits per heavy atom. The average molecular weight is 468 g/mol. The third-order valence-corrected chi connectivity index (χ3v) is 3.96. The van der Waals surface area contributed by atoms with E-state index < -0.39 is 0 Å². The lowest BCUT2D eigenvalue weighted by atomic mass is 10.1. The van der Waals surface area contributed by atoms with Gasteiger partial charge in [-0.25, -0.2) is 0 Å². The van der Waals surface area contributed by atoms with Gasteiger partial charge in [-0.3, -0.25) is 9.98 Å². The van der Waals surface area contributed by atoms with Gasteiger partial charge in [-0.05, 0) is 44.0 Å². The van der Waals surface area contributed by atoms with Gasteiger partial charge in [0.15, 0.2) is 5.96 Å². The Kier molecular flexibility index (Phi) is 10.0. The lowest BCUT2D eigenvalue weighted by Gasteiger charge is -2.18. The van der Waals surface area contributed by atoms with Gasteiger partial charge in [0.05, 0.1) is 18.3 Å². The highest BCUT2D eigenvalue weighted by Gasteiger charge is 2.09. The van der Waals surface area contributed by atoms with Gasteiger partial charge in [-0.2, -0.15) is 0 Å². The van der Waals surface area contributed by atoms with E-state index in [1.165, 1.54) is 5.56 Å². The molecule has 0 saturated heterocycles.